The molecule has 5 heteroatoms. The van der Waals surface area contributed by atoms with Crippen LogP contribution in [0, 0.1) is 0 Å². The van der Waals surface area contributed by atoms with Crippen LogP contribution in [0.15, 0.2) is 0 Å². The van der Waals surface area contributed by atoms with Crippen molar-refractivity contribution in [2.75, 3.05) is 11.5 Å². The fraction of sp³-hybridized carbons (Fsp3) is 0.800. The maximum atomic E-state index is 11.3. The molecule has 0 saturated heterocycles. The molecule has 0 heterocycles. The van der Waals surface area contributed by atoms with Crippen LogP contribution < -0.4 is 5.32 Å². The van der Waals surface area contributed by atoms with E-state index in [-0.39, 0.29) is 5.91 Å². The Bertz CT molecular complexity index is 209. The zero-order valence-electron chi connectivity index (χ0n) is 9.28. The summed E-state index contributed by atoms with van der Waals surface area (Å²) in [5.74, 6) is 0.146. The number of unbranched alkanes of at least 4 members (excludes halogenated alkanes) is 1. The first-order chi connectivity index (χ1) is 7.11. The summed E-state index contributed by atoms with van der Waals surface area (Å²) in [4.78, 5) is 21.9. The van der Waals surface area contributed by atoms with E-state index >= 15 is 0 Å². The summed E-state index contributed by atoms with van der Waals surface area (Å²) in [6.45, 7) is 3.83. The molecule has 0 aliphatic carbocycles. The van der Waals surface area contributed by atoms with E-state index in [1.54, 1.807) is 18.7 Å². The van der Waals surface area contributed by atoms with E-state index in [0.717, 1.165) is 18.6 Å². The van der Waals surface area contributed by atoms with Gasteiger partial charge in [-0.2, -0.15) is 11.8 Å². The average Bonchev–Trinajstić information content (AvgIpc) is 2.20. The van der Waals surface area contributed by atoms with Gasteiger partial charge in [0.25, 0.3) is 0 Å². The molecule has 0 aromatic heterocycles. The molecule has 1 atom stereocenters. The maximum absolute atomic E-state index is 11.3. The van der Waals surface area contributed by atoms with E-state index in [1.165, 1.54) is 0 Å². The lowest BCUT2D eigenvalue weighted by Gasteiger charge is -2.11. The summed E-state index contributed by atoms with van der Waals surface area (Å²) >= 11 is 1.55. The van der Waals surface area contributed by atoms with Crippen LogP contribution in [0.25, 0.3) is 0 Å². The minimum absolute atomic E-state index is 0.189. The fourth-order valence-corrected chi connectivity index (χ4v) is 1.89. The lowest BCUT2D eigenvalue weighted by molar-refractivity contribution is -0.141. The summed E-state index contributed by atoms with van der Waals surface area (Å²) in [6.07, 6.45) is 2.62. The summed E-state index contributed by atoms with van der Waals surface area (Å²) in [5, 5.41) is 11.2. The Morgan fingerprint density at radius 3 is 2.53 bits per heavy atom. The third-order valence-electron chi connectivity index (χ3n) is 1.92. The first-order valence-corrected chi connectivity index (χ1v) is 6.37. The van der Waals surface area contributed by atoms with Crippen LogP contribution in [0.1, 0.15) is 33.1 Å². The molecule has 1 amide bonds. The number of rotatable bonds is 8. The van der Waals surface area contributed by atoms with Gasteiger partial charge in [-0.05, 0) is 18.6 Å². The zero-order valence-corrected chi connectivity index (χ0v) is 10.1. The molecule has 1 unspecified atom stereocenters. The van der Waals surface area contributed by atoms with Crippen LogP contribution in [0.3, 0.4) is 0 Å². The topological polar surface area (TPSA) is 66.4 Å². The predicted molar refractivity (Wildman–Crippen MR) is 62.1 cm³/mol. The molecule has 0 fully saturated rings. The van der Waals surface area contributed by atoms with Gasteiger partial charge >= 0.3 is 5.97 Å². The van der Waals surface area contributed by atoms with Gasteiger partial charge in [0.05, 0.1) is 5.75 Å². The second kappa shape index (κ2) is 8.59. The van der Waals surface area contributed by atoms with E-state index in [1.807, 2.05) is 0 Å². The lowest BCUT2D eigenvalue weighted by atomic mass is 10.2. The van der Waals surface area contributed by atoms with Crippen molar-refractivity contribution in [2.45, 2.75) is 39.2 Å². The van der Waals surface area contributed by atoms with Crippen molar-refractivity contribution < 1.29 is 14.7 Å². The number of aliphatic carboxylic acids is 1. The molecule has 88 valence electrons. The van der Waals surface area contributed by atoms with Crippen LogP contribution >= 0.6 is 11.8 Å². The number of hydrogen-bond acceptors (Lipinski definition) is 3. The van der Waals surface area contributed by atoms with Crippen LogP contribution in [0.2, 0.25) is 0 Å². The molecule has 15 heavy (non-hydrogen) atoms. The number of carboxylic acids is 1. The molecule has 0 radical (unpaired) electrons. The fourth-order valence-electron chi connectivity index (χ4n) is 0.986. The van der Waals surface area contributed by atoms with Crippen molar-refractivity contribution in [1.82, 2.24) is 5.32 Å². The Kier molecular flexibility index (Phi) is 8.18. The molecular formula is C10H19NO3S. The van der Waals surface area contributed by atoms with Crippen molar-refractivity contribution in [1.29, 1.82) is 0 Å². The third-order valence-corrected chi connectivity index (χ3v) is 2.96. The van der Waals surface area contributed by atoms with Gasteiger partial charge in [0, 0.05) is 0 Å². The van der Waals surface area contributed by atoms with Gasteiger partial charge in [-0.15, -0.1) is 0 Å². The molecule has 0 rings (SSSR count). The zero-order chi connectivity index (χ0) is 11.7. The lowest BCUT2D eigenvalue weighted by Crippen LogP contribution is -2.41. The second-order valence-corrected chi connectivity index (χ2v) is 4.38. The molecule has 0 bridgehead atoms. The molecule has 0 saturated carbocycles. The number of carbonyl (C=O) groups excluding carboxylic acids is 1. The molecule has 0 spiro atoms. The van der Waals surface area contributed by atoms with Gasteiger partial charge in [0.15, 0.2) is 0 Å². The minimum Gasteiger partial charge on any atom is -0.480 e. The van der Waals surface area contributed by atoms with Crippen molar-refractivity contribution in [3.05, 3.63) is 0 Å². The van der Waals surface area contributed by atoms with Gasteiger partial charge < -0.3 is 10.4 Å². The number of hydrogen-bond donors (Lipinski definition) is 2. The predicted octanol–water partition coefficient (Wildman–Crippen LogP) is 1.50. The highest BCUT2D eigenvalue weighted by atomic mass is 32.2. The SMILES string of the molecule is CCCCSCC(=O)NC(CC)C(=O)O. The Morgan fingerprint density at radius 2 is 2.07 bits per heavy atom. The minimum atomic E-state index is -0.968. The summed E-state index contributed by atoms with van der Waals surface area (Å²) in [5.41, 5.74) is 0. The normalized spacial score (nSPS) is 12.1. The average molecular weight is 233 g/mol. The standard InChI is InChI=1S/C10H19NO3S/c1-3-5-6-15-7-9(12)11-8(4-2)10(13)14/h8H,3-7H2,1-2H3,(H,11,12)(H,13,14). The van der Waals surface area contributed by atoms with E-state index < -0.39 is 12.0 Å². The molecule has 0 aromatic rings. The number of carboxylic acid groups (broad SMARTS) is 1. The van der Waals surface area contributed by atoms with Crippen LogP contribution in [0.5, 0.6) is 0 Å². The van der Waals surface area contributed by atoms with Crippen molar-refractivity contribution in [3.8, 4) is 0 Å². The molecule has 4 nitrogen and oxygen atoms in total. The monoisotopic (exact) mass is 233 g/mol. The second-order valence-electron chi connectivity index (χ2n) is 3.27. The molecular weight excluding hydrogens is 214 g/mol. The summed E-state index contributed by atoms with van der Waals surface area (Å²) in [6, 6.07) is -0.746. The van der Waals surface area contributed by atoms with Gasteiger partial charge in [0.1, 0.15) is 6.04 Å². The van der Waals surface area contributed by atoms with E-state index in [0.29, 0.717) is 12.2 Å². The number of thioether (sulfide) groups is 1. The van der Waals surface area contributed by atoms with Crippen LogP contribution in [0.4, 0.5) is 0 Å². The Labute approximate surface area is 94.8 Å². The number of carbonyl (C=O) groups is 2. The third kappa shape index (κ3) is 7.25. The Morgan fingerprint density at radius 1 is 1.40 bits per heavy atom. The largest absolute Gasteiger partial charge is 0.480 e. The number of nitrogens with one attached hydrogen (secondary N) is 1. The van der Waals surface area contributed by atoms with Gasteiger partial charge in [-0.25, -0.2) is 4.79 Å². The first kappa shape index (κ1) is 14.3. The van der Waals surface area contributed by atoms with E-state index in [2.05, 4.69) is 12.2 Å². The Balaban J connectivity index is 3.67. The van der Waals surface area contributed by atoms with Crippen molar-refractivity contribution >= 4 is 23.6 Å². The highest BCUT2D eigenvalue weighted by Crippen LogP contribution is 2.04. The summed E-state index contributed by atoms with van der Waals surface area (Å²) in [7, 11) is 0. The van der Waals surface area contributed by atoms with E-state index in [9.17, 15) is 9.59 Å². The molecule has 0 aromatic carbocycles. The molecule has 0 aliphatic heterocycles. The quantitative estimate of drug-likeness (QED) is 0.623. The highest BCUT2D eigenvalue weighted by molar-refractivity contribution is 7.99. The smallest absolute Gasteiger partial charge is 0.326 e. The van der Waals surface area contributed by atoms with Gasteiger partial charge in [-0.3, -0.25) is 4.79 Å². The first-order valence-electron chi connectivity index (χ1n) is 5.21. The highest BCUT2D eigenvalue weighted by Gasteiger charge is 2.16. The summed E-state index contributed by atoms with van der Waals surface area (Å²) < 4.78 is 0. The van der Waals surface area contributed by atoms with Crippen molar-refractivity contribution in [3.63, 3.8) is 0 Å². The van der Waals surface area contributed by atoms with Crippen molar-refractivity contribution in [2.24, 2.45) is 0 Å². The van der Waals surface area contributed by atoms with Gasteiger partial charge in [0.2, 0.25) is 5.91 Å². The van der Waals surface area contributed by atoms with E-state index in [4.69, 9.17) is 5.11 Å². The molecule has 2 N–H and O–H groups in total. The van der Waals surface area contributed by atoms with Gasteiger partial charge in [-0.1, -0.05) is 20.3 Å². The molecule has 0 aliphatic rings. The van der Waals surface area contributed by atoms with Crippen LogP contribution in [-0.4, -0.2) is 34.5 Å². The Hall–Kier alpha value is -0.710. The maximum Gasteiger partial charge on any atom is 0.326 e. The van der Waals surface area contributed by atoms with Crippen LogP contribution in [-0.2, 0) is 9.59 Å². The number of amides is 1.